The fourth-order valence-corrected chi connectivity index (χ4v) is 2.97. The lowest BCUT2D eigenvalue weighted by Crippen LogP contribution is -2.50. The summed E-state index contributed by atoms with van der Waals surface area (Å²) in [5.74, 6) is 0.887. The second-order valence-electron chi connectivity index (χ2n) is 7.04. The van der Waals surface area contributed by atoms with Crippen molar-refractivity contribution in [3.05, 3.63) is 0 Å². The van der Waals surface area contributed by atoms with Crippen molar-refractivity contribution < 1.29 is 5.11 Å². The Bertz CT molecular complexity index is 233. The van der Waals surface area contributed by atoms with Crippen LogP contribution in [0.4, 0.5) is 0 Å². The van der Waals surface area contributed by atoms with Gasteiger partial charge in [0.25, 0.3) is 0 Å². The van der Waals surface area contributed by atoms with Gasteiger partial charge in [-0.3, -0.25) is 0 Å². The largest absolute Gasteiger partial charge is 0.389 e. The van der Waals surface area contributed by atoms with Gasteiger partial charge in [-0.1, -0.05) is 20.8 Å². The summed E-state index contributed by atoms with van der Waals surface area (Å²) >= 11 is 0. The van der Waals surface area contributed by atoms with Gasteiger partial charge in [0.15, 0.2) is 0 Å². The molecule has 2 aliphatic carbocycles. The summed E-state index contributed by atoms with van der Waals surface area (Å²) < 4.78 is 0. The summed E-state index contributed by atoms with van der Waals surface area (Å²) in [6.45, 7) is 7.73. The van der Waals surface area contributed by atoms with E-state index in [0.29, 0.717) is 11.5 Å². The monoisotopic (exact) mass is 225 g/mol. The first-order valence-electron chi connectivity index (χ1n) is 6.84. The predicted octanol–water partition coefficient (Wildman–Crippen LogP) is 2.71. The van der Waals surface area contributed by atoms with E-state index in [1.165, 1.54) is 12.8 Å². The van der Waals surface area contributed by atoms with Crippen LogP contribution in [0.2, 0.25) is 0 Å². The number of hydrogen-bond acceptors (Lipinski definition) is 2. The third-order valence-electron chi connectivity index (χ3n) is 4.63. The highest BCUT2D eigenvalue weighted by molar-refractivity contribution is 4.92. The SMILES string of the molecule is CC1CC(NCC2(O)CCC(C)(C)CC2)C1. The minimum absolute atomic E-state index is 0.422. The second kappa shape index (κ2) is 4.30. The zero-order valence-electron chi connectivity index (χ0n) is 11.1. The van der Waals surface area contributed by atoms with Crippen molar-refractivity contribution in [2.24, 2.45) is 11.3 Å². The molecule has 0 unspecified atom stereocenters. The van der Waals surface area contributed by atoms with Gasteiger partial charge in [0.05, 0.1) is 5.60 Å². The topological polar surface area (TPSA) is 32.3 Å². The standard InChI is InChI=1S/C14H27NO/c1-11-8-12(9-11)15-10-14(16)6-4-13(2,3)5-7-14/h11-12,15-16H,4-10H2,1-3H3. The van der Waals surface area contributed by atoms with Crippen molar-refractivity contribution in [2.75, 3.05) is 6.54 Å². The molecule has 2 rings (SSSR count). The maximum Gasteiger partial charge on any atom is 0.0772 e. The van der Waals surface area contributed by atoms with E-state index in [0.717, 1.165) is 38.1 Å². The molecule has 0 aromatic carbocycles. The van der Waals surface area contributed by atoms with E-state index in [9.17, 15) is 5.11 Å². The van der Waals surface area contributed by atoms with Gasteiger partial charge in [0.2, 0.25) is 0 Å². The van der Waals surface area contributed by atoms with Crippen molar-refractivity contribution in [2.45, 2.75) is 70.9 Å². The van der Waals surface area contributed by atoms with Crippen LogP contribution < -0.4 is 5.32 Å². The Morgan fingerprint density at radius 2 is 1.69 bits per heavy atom. The quantitative estimate of drug-likeness (QED) is 0.774. The summed E-state index contributed by atoms with van der Waals surface area (Å²) in [6.07, 6.45) is 6.84. The van der Waals surface area contributed by atoms with Crippen molar-refractivity contribution in [1.29, 1.82) is 0 Å². The summed E-state index contributed by atoms with van der Waals surface area (Å²) in [5.41, 5.74) is 0.0194. The molecule has 16 heavy (non-hydrogen) atoms. The van der Waals surface area contributed by atoms with Crippen LogP contribution in [0.15, 0.2) is 0 Å². The maximum atomic E-state index is 10.5. The van der Waals surface area contributed by atoms with Crippen LogP contribution in [0.3, 0.4) is 0 Å². The normalized spacial score (nSPS) is 36.8. The molecule has 2 saturated carbocycles. The fourth-order valence-electron chi connectivity index (χ4n) is 2.97. The molecule has 0 aromatic heterocycles. The van der Waals surface area contributed by atoms with Gasteiger partial charge in [-0.05, 0) is 49.9 Å². The predicted molar refractivity (Wildman–Crippen MR) is 67.4 cm³/mol. The third kappa shape index (κ3) is 2.98. The molecule has 0 amide bonds. The molecule has 0 atom stereocenters. The minimum atomic E-state index is -0.422. The number of rotatable bonds is 3. The highest BCUT2D eigenvalue weighted by Gasteiger charge is 2.37. The Balaban J connectivity index is 1.72. The first-order valence-corrected chi connectivity index (χ1v) is 6.84. The fraction of sp³-hybridized carbons (Fsp3) is 1.00. The van der Waals surface area contributed by atoms with E-state index in [-0.39, 0.29) is 0 Å². The van der Waals surface area contributed by atoms with Gasteiger partial charge in [0, 0.05) is 12.6 Å². The average Bonchev–Trinajstić information content (AvgIpc) is 2.17. The average molecular weight is 225 g/mol. The Morgan fingerprint density at radius 3 is 2.19 bits per heavy atom. The molecule has 2 fully saturated rings. The summed E-state index contributed by atoms with van der Waals surface area (Å²) in [6, 6.07) is 0.675. The van der Waals surface area contributed by atoms with Crippen molar-refractivity contribution >= 4 is 0 Å². The van der Waals surface area contributed by atoms with E-state index >= 15 is 0 Å². The molecule has 2 aliphatic rings. The highest BCUT2D eigenvalue weighted by Crippen LogP contribution is 2.40. The zero-order chi connectivity index (χ0) is 11.8. The van der Waals surface area contributed by atoms with Crippen LogP contribution in [-0.4, -0.2) is 23.3 Å². The molecule has 2 N–H and O–H groups in total. The molecule has 2 heteroatoms. The van der Waals surface area contributed by atoms with E-state index in [1.54, 1.807) is 0 Å². The van der Waals surface area contributed by atoms with E-state index < -0.39 is 5.60 Å². The van der Waals surface area contributed by atoms with Gasteiger partial charge in [-0.2, -0.15) is 0 Å². The van der Waals surface area contributed by atoms with Crippen LogP contribution in [-0.2, 0) is 0 Å². The molecule has 0 heterocycles. The Morgan fingerprint density at radius 1 is 1.12 bits per heavy atom. The lowest BCUT2D eigenvalue weighted by atomic mass is 9.70. The van der Waals surface area contributed by atoms with Gasteiger partial charge < -0.3 is 10.4 Å². The molecule has 0 aliphatic heterocycles. The summed E-state index contributed by atoms with van der Waals surface area (Å²) in [4.78, 5) is 0. The molecule has 94 valence electrons. The summed E-state index contributed by atoms with van der Waals surface area (Å²) in [5, 5.41) is 14.0. The van der Waals surface area contributed by atoms with Crippen LogP contribution >= 0.6 is 0 Å². The molecule has 0 radical (unpaired) electrons. The first-order chi connectivity index (χ1) is 7.39. The lowest BCUT2D eigenvalue weighted by Gasteiger charge is -2.42. The smallest absolute Gasteiger partial charge is 0.0772 e. The van der Waals surface area contributed by atoms with Gasteiger partial charge in [-0.25, -0.2) is 0 Å². The van der Waals surface area contributed by atoms with Crippen molar-refractivity contribution in [3.63, 3.8) is 0 Å². The molecule has 0 aromatic rings. The van der Waals surface area contributed by atoms with Crippen LogP contribution in [0, 0.1) is 11.3 Å². The number of aliphatic hydroxyl groups is 1. The van der Waals surface area contributed by atoms with Crippen molar-refractivity contribution in [3.8, 4) is 0 Å². The Hall–Kier alpha value is -0.0800. The molecule has 0 bridgehead atoms. The lowest BCUT2D eigenvalue weighted by molar-refractivity contribution is -0.0288. The molecular formula is C14H27NO. The van der Waals surface area contributed by atoms with E-state index in [4.69, 9.17) is 0 Å². The Labute approximate surface area is 99.8 Å². The zero-order valence-corrected chi connectivity index (χ0v) is 11.1. The number of hydrogen-bond donors (Lipinski definition) is 2. The van der Waals surface area contributed by atoms with Gasteiger partial charge >= 0.3 is 0 Å². The summed E-state index contributed by atoms with van der Waals surface area (Å²) in [7, 11) is 0. The molecule has 0 saturated heterocycles. The molecule has 2 nitrogen and oxygen atoms in total. The van der Waals surface area contributed by atoms with Crippen LogP contribution in [0.25, 0.3) is 0 Å². The maximum absolute atomic E-state index is 10.5. The van der Waals surface area contributed by atoms with Gasteiger partial charge in [0.1, 0.15) is 0 Å². The second-order valence-corrected chi connectivity index (χ2v) is 7.04. The van der Waals surface area contributed by atoms with E-state index in [1.807, 2.05) is 0 Å². The van der Waals surface area contributed by atoms with E-state index in [2.05, 4.69) is 26.1 Å². The van der Waals surface area contributed by atoms with Crippen LogP contribution in [0.5, 0.6) is 0 Å². The first kappa shape index (κ1) is 12.4. The Kier molecular flexibility index (Phi) is 3.33. The van der Waals surface area contributed by atoms with Crippen LogP contribution in [0.1, 0.15) is 59.3 Å². The third-order valence-corrected chi connectivity index (χ3v) is 4.63. The van der Waals surface area contributed by atoms with Gasteiger partial charge in [-0.15, -0.1) is 0 Å². The van der Waals surface area contributed by atoms with Crippen molar-refractivity contribution in [1.82, 2.24) is 5.32 Å². The molecule has 0 spiro atoms. The molecular weight excluding hydrogens is 198 g/mol. The number of nitrogens with one attached hydrogen (secondary N) is 1. The minimum Gasteiger partial charge on any atom is -0.389 e. The highest BCUT2D eigenvalue weighted by atomic mass is 16.3.